The molecule has 0 unspecified atom stereocenters. The lowest BCUT2D eigenvalue weighted by atomic mass is 9.80. The number of hydrogen-bond acceptors (Lipinski definition) is 5. The summed E-state index contributed by atoms with van der Waals surface area (Å²) in [6.45, 7) is 3.70. The number of fused-ring (bicyclic) bond motifs is 1. The summed E-state index contributed by atoms with van der Waals surface area (Å²) < 4.78 is 45.7. The quantitative estimate of drug-likeness (QED) is 0.389. The molecule has 0 aliphatic rings. The number of halogens is 3. The Labute approximate surface area is 188 Å². The molecule has 170 valence electrons. The van der Waals surface area contributed by atoms with Gasteiger partial charge in [-0.1, -0.05) is 42.5 Å². The standard InChI is InChI=1S/C24H21F3N4O2/c1-3-33-22(32)23(2,13-16-7-5-4-6-8-16)20-15-28-30-21-19(14-29-31(20)21)17-9-11-18(12-10-17)24(25,26)27/h4-12,14-15H,3,13H2,1-2H3/t23-/m1/s1. The highest BCUT2D eigenvalue weighted by Crippen LogP contribution is 2.34. The number of aromatic nitrogens is 4. The van der Waals surface area contributed by atoms with Gasteiger partial charge < -0.3 is 4.74 Å². The lowest BCUT2D eigenvalue weighted by molar-refractivity contribution is -0.149. The Morgan fingerprint density at radius 1 is 1.03 bits per heavy atom. The first-order valence-corrected chi connectivity index (χ1v) is 10.3. The van der Waals surface area contributed by atoms with Crippen LogP contribution in [-0.4, -0.2) is 32.4 Å². The molecule has 33 heavy (non-hydrogen) atoms. The van der Waals surface area contributed by atoms with Gasteiger partial charge in [-0.05, 0) is 43.5 Å². The van der Waals surface area contributed by atoms with E-state index in [0.29, 0.717) is 28.9 Å². The number of nitrogens with zero attached hydrogens (tertiary/aromatic N) is 4. The number of carbonyl (C=O) groups is 1. The third kappa shape index (κ3) is 4.30. The number of carbonyl (C=O) groups excluding carboxylic acids is 1. The lowest BCUT2D eigenvalue weighted by Crippen LogP contribution is -2.39. The van der Waals surface area contributed by atoms with Crippen LogP contribution in [0.5, 0.6) is 0 Å². The summed E-state index contributed by atoms with van der Waals surface area (Å²) in [6.07, 6.45) is -1.12. The van der Waals surface area contributed by atoms with Gasteiger partial charge in [0.05, 0.1) is 30.3 Å². The van der Waals surface area contributed by atoms with Gasteiger partial charge in [-0.25, -0.2) is 4.52 Å². The zero-order valence-electron chi connectivity index (χ0n) is 18.0. The largest absolute Gasteiger partial charge is 0.465 e. The fraction of sp³-hybridized carbons (Fsp3) is 0.250. The number of benzene rings is 2. The van der Waals surface area contributed by atoms with Crippen LogP contribution < -0.4 is 0 Å². The number of esters is 1. The van der Waals surface area contributed by atoms with Crippen LogP contribution in [0.4, 0.5) is 13.2 Å². The van der Waals surface area contributed by atoms with E-state index in [-0.39, 0.29) is 6.61 Å². The van der Waals surface area contributed by atoms with Crippen LogP contribution in [0.3, 0.4) is 0 Å². The SMILES string of the molecule is CCOC(=O)[C@](C)(Cc1ccccc1)c1cnnc2c(-c3ccc(C(F)(F)F)cc3)cnn12. The molecule has 6 nitrogen and oxygen atoms in total. The molecule has 2 heterocycles. The Bertz CT molecular complexity index is 1270. The molecule has 0 spiro atoms. The van der Waals surface area contributed by atoms with Gasteiger partial charge in [-0.3, -0.25) is 4.79 Å². The zero-order valence-corrected chi connectivity index (χ0v) is 18.0. The summed E-state index contributed by atoms with van der Waals surface area (Å²) in [6, 6.07) is 14.2. The maximum Gasteiger partial charge on any atom is 0.416 e. The normalized spacial score (nSPS) is 13.6. The van der Waals surface area contributed by atoms with Gasteiger partial charge in [0.1, 0.15) is 5.41 Å². The zero-order chi connectivity index (χ0) is 23.6. The summed E-state index contributed by atoms with van der Waals surface area (Å²) in [4.78, 5) is 13.1. The van der Waals surface area contributed by atoms with E-state index in [4.69, 9.17) is 4.74 Å². The second-order valence-corrected chi connectivity index (χ2v) is 7.81. The first-order valence-electron chi connectivity index (χ1n) is 10.3. The maximum atomic E-state index is 13.1. The van der Waals surface area contributed by atoms with Crippen LogP contribution >= 0.6 is 0 Å². The van der Waals surface area contributed by atoms with Crippen LogP contribution in [0, 0.1) is 0 Å². The molecule has 0 saturated carbocycles. The molecule has 2 aromatic heterocycles. The van der Waals surface area contributed by atoms with E-state index >= 15 is 0 Å². The Hall–Kier alpha value is -3.75. The highest BCUT2D eigenvalue weighted by molar-refractivity contribution is 5.83. The number of rotatable bonds is 6. The van der Waals surface area contributed by atoms with Crippen molar-refractivity contribution in [1.82, 2.24) is 19.8 Å². The van der Waals surface area contributed by atoms with Gasteiger partial charge in [-0.15, -0.1) is 5.10 Å². The molecule has 2 aromatic carbocycles. The average molecular weight is 454 g/mol. The molecule has 0 radical (unpaired) electrons. The highest BCUT2D eigenvalue weighted by Gasteiger charge is 2.40. The fourth-order valence-electron chi connectivity index (χ4n) is 3.79. The van der Waals surface area contributed by atoms with Crippen molar-refractivity contribution in [2.75, 3.05) is 6.61 Å². The summed E-state index contributed by atoms with van der Waals surface area (Å²) in [7, 11) is 0. The summed E-state index contributed by atoms with van der Waals surface area (Å²) in [5, 5.41) is 12.6. The Balaban J connectivity index is 1.81. The van der Waals surface area contributed by atoms with E-state index in [1.54, 1.807) is 13.8 Å². The third-order valence-electron chi connectivity index (χ3n) is 5.52. The average Bonchev–Trinajstić information content (AvgIpc) is 3.23. The molecule has 0 N–H and O–H groups in total. The predicted molar refractivity (Wildman–Crippen MR) is 115 cm³/mol. The molecule has 4 aromatic rings. The van der Waals surface area contributed by atoms with Gasteiger partial charge in [0, 0.05) is 5.56 Å². The molecular formula is C24H21F3N4O2. The van der Waals surface area contributed by atoms with Crippen molar-refractivity contribution in [3.63, 3.8) is 0 Å². The molecule has 0 amide bonds. The lowest BCUT2D eigenvalue weighted by Gasteiger charge is -2.27. The molecule has 0 fully saturated rings. The van der Waals surface area contributed by atoms with E-state index in [0.717, 1.165) is 17.7 Å². The number of hydrogen-bond donors (Lipinski definition) is 0. The van der Waals surface area contributed by atoms with Crippen LogP contribution in [0.25, 0.3) is 16.8 Å². The number of ether oxygens (including phenoxy) is 1. The van der Waals surface area contributed by atoms with Crippen molar-refractivity contribution < 1.29 is 22.7 Å². The minimum absolute atomic E-state index is 0.209. The molecule has 4 rings (SSSR count). The predicted octanol–water partition coefficient (Wildman–Crippen LogP) is 4.87. The second kappa shape index (κ2) is 8.65. The molecule has 0 aliphatic carbocycles. The summed E-state index contributed by atoms with van der Waals surface area (Å²) >= 11 is 0. The second-order valence-electron chi connectivity index (χ2n) is 7.81. The van der Waals surface area contributed by atoms with Crippen molar-refractivity contribution in [1.29, 1.82) is 0 Å². The monoisotopic (exact) mass is 454 g/mol. The van der Waals surface area contributed by atoms with E-state index in [9.17, 15) is 18.0 Å². The van der Waals surface area contributed by atoms with Gasteiger partial charge >= 0.3 is 12.1 Å². The summed E-state index contributed by atoms with van der Waals surface area (Å²) in [5.74, 6) is -0.435. The smallest absolute Gasteiger partial charge is 0.416 e. The van der Waals surface area contributed by atoms with E-state index in [1.165, 1.54) is 29.0 Å². The van der Waals surface area contributed by atoms with Gasteiger partial charge in [-0.2, -0.15) is 23.4 Å². The van der Waals surface area contributed by atoms with Crippen molar-refractivity contribution in [2.24, 2.45) is 0 Å². The van der Waals surface area contributed by atoms with Crippen molar-refractivity contribution in [3.8, 4) is 11.1 Å². The highest BCUT2D eigenvalue weighted by atomic mass is 19.4. The molecule has 0 aliphatic heterocycles. The molecular weight excluding hydrogens is 433 g/mol. The third-order valence-corrected chi connectivity index (χ3v) is 5.52. The first-order chi connectivity index (χ1) is 15.7. The van der Waals surface area contributed by atoms with Crippen LogP contribution in [0.2, 0.25) is 0 Å². The van der Waals surface area contributed by atoms with E-state index in [1.807, 2.05) is 30.3 Å². The Morgan fingerprint density at radius 3 is 2.36 bits per heavy atom. The fourth-order valence-corrected chi connectivity index (χ4v) is 3.79. The molecule has 9 heteroatoms. The van der Waals surface area contributed by atoms with Crippen LogP contribution in [-0.2, 0) is 27.5 Å². The maximum absolute atomic E-state index is 13.1. The van der Waals surface area contributed by atoms with Crippen molar-refractivity contribution in [2.45, 2.75) is 31.9 Å². The summed E-state index contributed by atoms with van der Waals surface area (Å²) in [5.41, 5.74) is 0.855. The first kappa shape index (κ1) is 22.4. The Kier molecular flexibility index (Phi) is 5.88. The van der Waals surface area contributed by atoms with Crippen molar-refractivity contribution >= 4 is 11.6 Å². The van der Waals surface area contributed by atoms with Gasteiger partial charge in [0.25, 0.3) is 0 Å². The minimum atomic E-state index is -4.43. The molecule has 0 saturated heterocycles. The van der Waals surface area contributed by atoms with Crippen molar-refractivity contribution in [3.05, 3.63) is 83.8 Å². The molecule has 0 bridgehead atoms. The Morgan fingerprint density at radius 2 is 1.73 bits per heavy atom. The minimum Gasteiger partial charge on any atom is -0.465 e. The topological polar surface area (TPSA) is 69.4 Å². The van der Waals surface area contributed by atoms with E-state index < -0.39 is 23.1 Å². The van der Waals surface area contributed by atoms with Gasteiger partial charge in [0.2, 0.25) is 0 Å². The molecule has 1 atom stereocenters. The van der Waals surface area contributed by atoms with E-state index in [2.05, 4.69) is 15.3 Å². The van der Waals surface area contributed by atoms with Gasteiger partial charge in [0.15, 0.2) is 5.65 Å². The van der Waals surface area contributed by atoms with Crippen LogP contribution in [0.15, 0.2) is 67.0 Å². The van der Waals surface area contributed by atoms with Crippen LogP contribution in [0.1, 0.15) is 30.7 Å². The number of alkyl halides is 3.